The number of carbonyl (C=O) groups excluding carboxylic acids is 1. The van der Waals surface area contributed by atoms with Crippen molar-refractivity contribution in [2.75, 3.05) is 11.9 Å². The molecule has 0 saturated heterocycles. The molecule has 3 N–H and O–H groups in total. The van der Waals surface area contributed by atoms with Crippen molar-refractivity contribution in [3.8, 4) is 0 Å². The Labute approximate surface area is 179 Å². The van der Waals surface area contributed by atoms with Gasteiger partial charge in [0.2, 0.25) is 0 Å². The van der Waals surface area contributed by atoms with Crippen molar-refractivity contribution in [3.05, 3.63) is 63.3 Å². The predicted molar refractivity (Wildman–Crippen MR) is 117 cm³/mol. The number of halogens is 2. The third kappa shape index (κ3) is 3.52. The lowest BCUT2D eigenvalue weighted by Gasteiger charge is -2.19. The van der Waals surface area contributed by atoms with Crippen LogP contribution in [0.15, 0.2) is 35.1 Å². The summed E-state index contributed by atoms with van der Waals surface area (Å²) in [5.74, 6) is -0.756. The van der Waals surface area contributed by atoms with Crippen LogP contribution in [0.1, 0.15) is 53.2 Å². The summed E-state index contributed by atoms with van der Waals surface area (Å²) in [4.78, 5) is 28.0. The van der Waals surface area contributed by atoms with Gasteiger partial charge in [-0.2, -0.15) is 0 Å². The molecule has 1 saturated carbocycles. The van der Waals surface area contributed by atoms with Crippen molar-refractivity contribution in [2.45, 2.75) is 44.7 Å². The molecule has 0 radical (unpaired) electrons. The van der Waals surface area contributed by atoms with E-state index < -0.39 is 5.91 Å². The van der Waals surface area contributed by atoms with Crippen LogP contribution in [0.2, 0.25) is 0 Å². The molecule has 2 aliphatic rings. The summed E-state index contributed by atoms with van der Waals surface area (Å²) in [6.45, 7) is 1.37. The average Bonchev–Trinajstić information content (AvgIpc) is 3.36. The predicted octanol–water partition coefficient (Wildman–Crippen LogP) is 3.90. The Hall–Kier alpha value is -2.64. The maximum Gasteiger partial charge on any atom is 0.326 e. The number of benzene rings is 2. The molecule has 1 fully saturated rings. The molecule has 5 rings (SSSR count). The smallest absolute Gasteiger partial charge is 0.319 e. The van der Waals surface area contributed by atoms with E-state index in [1.54, 1.807) is 28.8 Å². The third-order valence-corrected chi connectivity index (χ3v) is 6.12. The lowest BCUT2D eigenvalue weighted by atomic mass is 9.99. The molecule has 1 aliphatic heterocycles. The van der Waals surface area contributed by atoms with Gasteiger partial charge in [-0.15, -0.1) is 12.4 Å². The molecule has 3 aromatic rings. The van der Waals surface area contributed by atoms with Crippen LogP contribution < -0.4 is 16.3 Å². The van der Waals surface area contributed by atoms with Crippen molar-refractivity contribution in [2.24, 2.45) is 0 Å². The van der Waals surface area contributed by atoms with Crippen molar-refractivity contribution in [1.82, 2.24) is 14.9 Å². The number of H-pyrrole nitrogens is 1. The number of aromatic amines is 1. The van der Waals surface area contributed by atoms with Crippen molar-refractivity contribution in [3.63, 3.8) is 0 Å². The van der Waals surface area contributed by atoms with Gasteiger partial charge in [-0.25, -0.2) is 9.18 Å². The largest absolute Gasteiger partial charge is 0.326 e. The standard InChI is InChI=1S/C22H23FN4O2.ClH/c23-20-16-9-10-24-12-14(16)5-7-17(20)25-21(28)13-6-8-19-18(11-13)26-22(29)27(19)15-3-1-2-4-15;/h5-8,11,15,24H,1-4,9-10,12H2,(H,25,28)(H,26,29);1H. The second-order valence-corrected chi connectivity index (χ2v) is 7.92. The number of hydrogen-bond donors (Lipinski definition) is 3. The summed E-state index contributed by atoms with van der Waals surface area (Å²) in [6.07, 6.45) is 4.87. The molecule has 2 heterocycles. The minimum Gasteiger partial charge on any atom is -0.319 e. The first-order valence-electron chi connectivity index (χ1n) is 10.2. The fourth-order valence-electron chi connectivity index (χ4n) is 4.62. The maximum atomic E-state index is 14.8. The van der Waals surface area contributed by atoms with E-state index in [2.05, 4.69) is 15.6 Å². The van der Waals surface area contributed by atoms with Gasteiger partial charge in [0, 0.05) is 18.2 Å². The number of nitrogens with one attached hydrogen (secondary N) is 3. The van der Waals surface area contributed by atoms with Crippen LogP contribution >= 0.6 is 12.4 Å². The number of carbonyl (C=O) groups is 1. The van der Waals surface area contributed by atoms with E-state index >= 15 is 0 Å². The molecular weight excluding hydrogens is 407 g/mol. The minimum atomic E-state index is -0.394. The van der Waals surface area contributed by atoms with Crippen LogP contribution in [0.4, 0.5) is 10.1 Å². The topological polar surface area (TPSA) is 78.9 Å². The second-order valence-electron chi connectivity index (χ2n) is 7.92. The van der Waals surface area contributed by atoms with Gasteiger partial charge in [-0.1, -0.05) is 18.9 Å². The molecule has 1 aromatic heterocycles. The molecule has 0 unspecified atom stereocenters. The zero-order chi connectivity index (χ0) is 20.0. The van der Waals surface area contributed by atoms with Crippen LogP contribution in [0, 0.1) is 5.82 Å². The number of fused-ring (bicyclic) bond motifs is 2. The van der Waals surface area contributed by atoms with Crippen LogP contribution in [-0.2, 0) is 13.0 Å². The van der Waals surface area contributed by atoms with E-state index in [1.165, 1.54) is 0 Å². The highest BCUT2D eigenvalue weighted by Gasteiger charge is 2.22. The zero-order valence-electron chi connectivity index (χ0n) is 16.5. The molecule has 0 spiro atoms. The van der Waals surface area contributed by atoms with E-state index in [9.17, 15) is 14.0 Å². The second kappa shape index (κ2) is 8.24. The van der Waals surface area contributed by atoms with Gasteiger partial charge in [-0.3, -0.25) is 9.36 Å². The highest BCUT2D eigenvalue weighted by atomic mass is 35.5. The number of amides is 1. The summed E-state index contributed by atoms with van der Waals surface area (Å²) < 4.78 is 16.6. The number of hydrogen-bond acceptors (Lipinski definition) is 3. The quantitative estimate of drug-likeness (QED) is 0.589. The molecule has 30 heavy (non-hydrogen) atoms. The summed E-state index contributed by atoms with van der Waals surface area (Å²) >= 11 is 0. The Kier molecular flexibility index (Phi) is 5.66. The highest BCUT2D eigenvalue weighted by Crippen LogP contribution is 2.31. The van der Waals surface area contributed by atoms with Gasteiger partial charge >= 0.3 is 5.69 Å². The van der Waals surface area contributed by atoms with Crippen molar-refractivity contribution < 1.29 is 9.18 Å². The molecule has 158 valence electrons. The van der Waals surface area contributed by atoms with Gasteiger partial charge in [-0.05, 0) is 61.2 Å². The molecule has 0 bridgehead atoms. The lowest BCUT2D eigenvalue weighted by Crippen LogP contribution is -2.25. The average molecular weight is 431 g/mol. The maximum absolute atomic E-state index is 14.8. The van der Waals surface area contributed by atoms with Crippen LogP contribution in [0.25, 0.3) is 11.0 Å². The Balaban J connectivity index is 0.00000218. The monoisotopic (exact) mass is 430 g/mol. The molecular formula is C22H24ClFN4O2. The first-order chi connectivity index (χ1) is 14.1. The molecule has 6 nitrogen and oxygen atoms in total. The van der Waals surface area contributed by atoms with Gasteiger partial charge in [0.25, 0.3) is 5.91 Å². The van der Waals surface area contributed by atoms with E-state index in [-0.39, 0.29) is 35.6 Å². The minimum absolute atomic E-state index is 0. The fraction of sp³-hybridized carbons (Fsp3) is 0.364. The summed E-state index contributed by atoms with van der Waals surface area (Å²) in [7, 11) is 0. The normalized spacial score (nSPS) is 16.3. The van der Waals surface area contributed by atoms with Crippen molar-refractivity contribution in [1.29, 1.82) is 0 Å². The van der Waals surface area contributed by atoms with Gasteiger partial charge < -0.3 is 15.6 Å². The van der Waals surface area contributed by atoms with Crippen molar-refractivity contribution >= 4 is 35.0 Å². The molecule has 1 amide bonds. The highest BCUT2D eigenvalue weighted by molar-refractivity contribution is 6.06. The number of nitrogens with zero attached hydrogens (tertiary/aromatic N) is 1. The van der Waals surface area contributed by atoms with Gasteiger partial charge in [0.05, 0.1) is 16.7 Å². The molecule has 1 aliphatic carbocycles. The Morgan fingerprint density at radius 2 is 1.97 bits per heavy atom. The number of imidazole rings is 1. The summed E-state index contributed by atoms with van der Waals surface area (Å²) in [5, 5.41) is 5.90. The fourth-order valence-corrected chi connectivity index (χ4v) is 4.62. The molecule has 8 heteroatoms. The van der Waals surface area contributed by atoms with Gasteiger partial charge in [0.1, 0.15) is 5.82 Å². The molecule has 2 aromatic carbocycles. The first kappa shape index (κ1) is 20.6. The van der Waals surface area contributed by atoms with Crippen LogP contribution in [-0.4, -0.2) is 22.0 Å². The lowest BCUT2D eigenvalue weighted by molar-refractivity contribution is 0.102. The Bertz CT molecular complexity index is 1160. The SMILES string of the molecule is Cl.O=C(Nc1ccc2c(c1F)CCNC2)c1ccc2c(c1)[nH]c(=O)n2C1CCCC1. The van der Waals surface area contributed by atoms with Gasteiger partial charge in [0.15, 0.2) is 0 Å². The third-order valence-electron chi connectivity index (χ3n) is 6.12. The van der Waals surface area contributed by atoms with Crippen LogP contribution in [0.5, 0.6) is 0 Å². The zero-order valence-corrected chi connectivity index (χ0v) is 17.3. The van der Waals surface area contributed by atoms with E-state index in [1.807, 2.05) is 6.07 Å². The number of anilines is 1. The number of aromatic nitrogens is 2. The van der Waals surface area contributed by atoms with E-state index in [0.29, 0.717) is 29.6 Å². The van der Waals surface area contributed by atoms with E-state index in [4.69, 9.17) is 0 Å². The first-order valence-corrected chi connectivity index (χ1v) is 10.2. The summed E-state index contributed by atoms with van der Waals surface area (Å²) in [6, 6.07) is 8.83. The summed E-state index contributed by atoms with van der Waals surface area (Å²) in [5.41, 5.74) is 3.47. The van der Waals surface area contributed by atoms with Crippen LogP contribution in [0.3, 0.4) is 0 Å². The molecule has 0 atom stereocenters. The number of rotatable bonds is 3. The Morgan fingerprint density at radius 3 is 2.77 bits per heavy atom. The van der Waals surface area contributed by atoms with E-state index in [0.717, 1.165) is 43.3 Å². The Morgan fingerprint density at radius 1 is 1.17 bits per heavy atom.